The van der Waals surface area contributed by atoms with E-state index in [0.717, 1.165) is 16.7 Å². The lowest BCUT2D eigenvalue weighted by Gasteiger charge is -2.10. The summed E-state index contributed by atoms with van der Waals surface area (Å²) in [7, 11) is 0. The second-order valence-electron chi connectivity index (χ2n) is 7.22. The summed E-state index contributed by atoms with van der Waals surface area (Å²) in [6.45, 7) is 5.45. The van der Waals surface area contributed by atoms with E-state index < -0.39 is 0 Å². The topological polar surface area (TPSA) is 67.4 Å². The maximum Gasteiger partial charge on any atom is 0.261 e. The number of thiophene rings is 1. The molecule has 0 bridgehead atoms. The van der Waals surface area contributed by atoms with E-state index in [-0.39, 0.29) is 17.9 Å². The van der Waals surface area contributed by atoms with E-state index in [0.29, 0.717) is 30.1 Å². The molecule has 5 nitrogen and oxygen atoms in total. The zero-order valence-corrected chi connectivity index (χ0v) is 18.0. The molecule has 0 radical (unpaired) electrons. The van der Waals surface area contributed by atoms with Gasteiger partial charge in [0.15, 0.2) is 0 Å². The first-order chi connectivity index (χ1) is 14.5. The molecule has 0 fully saturated rings. The van der Waals surface area contributed by atoms with Gasteiger partial charge in [0.1, 0.15) is 0 Å². The summed E-state index contributed by atoms with van der Waals surface area (Å²) in [5, 5.41) is 7.70. The zero-order valence-electron chi connectivity index (χ0n) is 17.2. The average Bonchev–Trinajstić information content (AvgIpc) is 3.30. The van der Waals surface area contributed by atoms with Crippen LogP contribution < -0.4 is 10.6 Å². The van der Waals surface area contributed by atoms with Gasteiger partial charge in [0.05, 0.1) is 17.6 Å². The van der Waals surface area contributed by atoms with Gasteiger partial charge in [0, 0.05) is 18.7 Å². The molecule has 2 N–H and O–H groups in total. The Morgan fingerprint density at radius 2 is 1.57 bits per heavy atom. The van der Waals surface area contributed by atoms with Crippen molar-refractivity contribution in [3.05, 3.63) is 93.2 Å². The van der Waals surface area contributed by atoms with Gasteiger partial charge >= 0.3 is 0 Å². The Hall–Kier alpha value is -2.96. The summed E-state index contributed by atoms with van der Waals surface area (Å²) >= 11 is 1.41. The van der Waals surface area contributed by atoms with Crippen molar-refractivity contribution < 1.29 is 14.3 Å². The van der Waals surface area contributed by atoms with Crippen LogP contribution in [0.4, 0.5) is 0 Å². The molecule has 0 aliphatic rings. The molecule has 0 aliphatic carbocycles. The fourth-order valence-electron chi connectivity index (χ4n) is 2.83. The molecule has 0 saturated heterocycles. The number of nitrogens with one attached hydrogen (secondary N) is 2. The lowest BCUT2D eigenvalue weighted by molar-refractivity contribution is 0.0657. The third-order valence-corrected chi connectivity index (χ3v) is 5.31. The molecule has 1 heterocycles. The first-order valence-corrected chi connectivity index (χ1v) is 10.8. The van der Waals surface area contributed by atoms with Gasteiger partial charge in [-0.2, -0.15) is 0 Å². The molecule has 2 amide bonds. The fraction of sp³-hybridized carbons (Fsp3) is 0.250. The standard InChI is InChI=1S/C24H26N2O3S/c1-17(2)29-16-20-6-3-5-19(13-20)15-25-23(27)21-10-8-18(9-11-21)14-26-24(28)22-7-4-12-30-22/h3-13,17H,14-16H2,1-2H3,(H,25,27)(H,26,28). The molecule has 0 saturated carbocycles. The summed E-state index contributed by atoms with van der Waals surface area (Å²) in [5.74, 6) is -0.221. The lowest BCUT2D eigenvalue weighted by atomic mass is 10.1. The van der Waals surface area contributed by atoms with Gasteiger partial charge < -0.3 is 15.4 Å². The summed E-state index contributed by atoms with van der Waals surface area (Å²) in [5.41, 5.74) is 3.64. The highest BCUT2D eigenvalue weighted by molar-refractivity contribution is 7.12. The summed E-state index contributed by atoms with van der Waals surface area (Å²) in [6.07, 6.45) is 0.181. The van der Waals surface area contributed by atoms with Crippen molar-refractivity contribution in [2.75, 3.05) is 0 Å². The van der Waals surface area contributed by atoms with Crippen LogP contribution in [0.1, 0.15) is 50.6 Å². The average molecular weight is 423 g/mol. The van der Waals surface area contributed by atoms with Crippen LogP contribution in [0.2, 0.25) is 0 Å². The van der Waals surface area contributed by atoms with Gasteiger partial charge in [-0.15, -0.1) is 11.3 Å². The van der Waals surface area contributed by atoms with Crippen LogP contribution in [0, 0.1) is 0 Å². The SMILES string of the molecule is CC(C)OCc1cccc(CNC(=O)c2ccc(CNC(=O)c3cccs3)cc2)c1. The minimum atomic E-state index is -0.131. The van der Waals surface area contributed by atoms with Crippen molar-refractivity contribution >= 4 is 23.2 Å². The van der Waals surface area contributed by atoms with Crippen molar-refractivity contribution in [1.29, 1.82) is 0 Å². The third-order valence-electron chi connectivity index (χ3n) is 4.44. The zero-order chi connectivity index (χ0) is 21.3. The Morgan fingerprint density at radius 1 is 0.867 bits per heavy atom. The molecule has 3 aromatic rings. The Balaban J connectivity index is 1.49. The first-order valence-electron chi connectivity index (χ1n) is 9.89. The molecule has 3 rings (SSSR count). The Bertz CT molecular complexity index is 966. The number of carbonyl (C=O) groups is 2. The number of hydrogen-bond acceptors (Lipinski definition) is 4. The molecule has 1 aromatic heterocycles. The van der Waals surface area contributed by atoms with E-state index in [2.05, 4.69) is 10.6 Å². The van der Waals surface area contributed by atoms with Crippen LogP contribution in [0.3, 0.4) is 0 Å². The van der Waals surface area contributed by atoms with Crippen molar-refractivity contribution in [2.24, 2.45) is 0 Å². The van der Waals surface area contributed by atoms with Gasteiger partial charge in [0.2, 0.25) is 0 Å². The van der Waals surface area contributed by atoms with Gasteiger partial charge in [-0.25, -0.2) is 0 Å². The number of rotatable bonds is 9. The molecule has 0 spiro atoms. The van der Waals surface area contributed by atoms with Gasteiger partial charge in [-0.05, 0) is 54.1 Å². The molecule has 6 heteroatoms. The van der Waals surface area contributed by atoms with Gasteiger partial charge in [-0.3, -0.25) is 9.59 Å². The van der Waals surface area contributed by atoms with Crippen LogP contribution >= 0.6 is 11.3 Å². The van der Waals surface area contributed by atoms with Crippen LogP contribution in [0.15, 0.2) is 66.0 Å². The number of amides is 2. The van der Waals surface area contributed by atoms with Crippen LogP contribution in [0.25, 0.3) is 0 Å². The Morgan fingerprint density at radius 3 is 2.27 bits per heavy atom. The smallest absolute Gasteiger partial charge is 0.261 e. The second-order valence-corrected chi connectivity index (χ2v) is 8.17. The molecule has 156 valence electrons. The van der Waals surface area contributed by atoms with Gasteiger partial charge in [-0.1, -0.05) is 42.5 Å². The highest BCUT2D eigenvalue weighted by atomic mass is 32.1. The van der Waals surface area contributed by atoms with Crippen molar-refractivity contribution in [2.45, 2.75) is 39.6 Å². The second kappa shape index (κ2) is 10.7. The monoisotopic (exact) mass is 422 g/mol. The van der Waals surface area contributed by atoms with Gasteiger partial charge in [0.25, 0.3) is 11.8 Å². The van der Waals surface area contributed by atoms with Crippen molar-refractivity contribution in [3.8, 4) is 0 Å². The minimum absolute atomic E-state index is 0.0900. The van der Waals surface area contributed by atoms with Crippen molar-refractivity contribution in [1.82, 2.24) is 10.6 Å². The summed E-state index contributed by atoms with van der Waals surface area (Å²) in [4.78, 5) is 25.1. The quantitative estimate of drug-likeness (QED) is 0.532. The number of ether oxygens (including phenoxy) is 1. The fourth-order valence-corrected chi connectivity index (χ4v) is 3.47. The maximum atomic E-state index is 12.4. The lowest BCUT2D eigenvalue weighted by Crippen LogP contribution is -2.23. The Labute approximate surface area is 181 Å². The van der Waals surface area contributed by atoms with Crippen LogP contribution in [0.5, 0.6) is 0 Å². The summed E-state index contributed by atoms with van der Waals surface area (Å²) in [6, 6.07) is 18.9. The number of benzene rings is 2. The maximum absolute atomic E-state index is 12.4. The number of carbonyl (C=O) groups excluding carboxylic acids is 2. The predicted molar refractivity (Wildman–Crippen MR) is 119 cm³/mol. The van der Waals surface area contributed by atoms with E-state index >= 15 is 0 Å². The van der Waals surface area contributed by atoms with Crippen LogP contribution in [-0.2, 0) is 24.4 Å². The molecule has 0 unspecified atom stereocenters. The normalized spacial score (nSPS) is 10.8. The van der Waals surface area contributed by atoms with E-state index in [4.69, 9.17) is 4.74 Å². The molecule has 0 atom stereocenters. The minimum Gasteiger partial charge on any atom is -0.374 e. The molecule has 2 aromatic carbocycles. The highest BCUT2D eigenvalue weighted by Gasteiger charge is 2.08. The largest absolute Gasteiger partial charge is 0.374 e. The van der Waals surface area contributed by atoms with E-state index in [1.165, 1.54) is 11.3 Å². The van der Waals surface area contributed by atoms with Crippen molar-refractivity contribution in [3.63, 3.8) is 0 Å². The van der Waals surface area contributed by atoms with E-state index in [1.807, 2.05) is 61.7 Å². The highest BCUT2D eigenvalue weighted by Crippen LogP contribution is 2.11. The predicted octanol–water partition coefficient (Wildman–Crippen LogP) is 4.53. The van der Waals surface area contributed by atoms with E-state index in [1.54, 1.807) is 18.2 Å². The molecular formula is C24H26N2O3S. The molecular weight excluding hydrogens is 396 g/mol. The third kappa shape index (κ3) is 6.54. The Kier molecular flexibility index (Phi) is 7.76. The number of hydrogen-bond donors (Lipinski definition) is 2. The van der Waals surface area contributed by atoms with Crippen LogP contribution in [-0.4, -0.2) is 17.9 Å². The molecule has 0 aliphatic heterocycles. The van der Waals surface area contributed by atoms with E-state index in [9.17, 15) is 9.59 Å². The molecule has 30 heavy (non-hydrogen) atoms. The summed E-state index contributed by atoms with van der Waals surface area (Å²) < 4.78 is 5.63. The first kappa shape index (κ1) is 21.7.